The van der Waals surface area contributed by atoms with Crippen molar-refractivity contribution in [3.05, 3.63) is 59.2 Å². The van der Waals surface area contributed by atoms with Gasteiger partial charge in [-0.1, -0.05) is 48.9 Å². The van der Waals surface area contributed by atoms with Gasteiger partial charge in [-0.25, -0.2) is 0 Å². The first kappa shape index (κ1) is 28.6. The Bertz CT molecular complexity index is 1540. The minimum Gasteiger partial charge on any atom is -0.506 e. The van der Waals surface area contributed by atoms with Crippen molar-refractivity contribution in [1.82, 2.24) is 4.31 Å². The van der Waals surface area contributed by atoms with Crippen molar-refractivity contribution in [3.8, 4) is 0 Å². The maximum absolute atomic E-state index is 14.0. The summed E-state index contributed by atoms with van der Waals surface area (Å²) in [5.74, 6) is -0.472. The molecule has 1 fully saturated rings. The SMILES string of the molecule is CC(C)CCC1(C)C(=O)C(C2=NS(O)(O)c3cc(NS(=O)(=O)N4CCC(N)C4)ccc3N2)=C(O)c2ccccc21. The molecule has 0 radical (unpaired) electrons. The number of nitrogens with zero attached hydrogens (tertiary/aromatic N) is 2. The van der Waals surface area contributed by atoms with E-state index < -0.39 is 26.4 Å². The number of aliphatic hydroxyl groups is 1. The second kappa shape index (κ2) is 10.2. The van der Waals surface area contributed by atoms with Crippen LogP contribution in [0, 0.1) is 5.92 Å². The summed E-state index contributed by atoms with van der Waals surface area (Å²) < 4.78 is 55.5. The molecule has 0 amide bonds. The molecule has 2 atom stereocenters. The summed E-state index contributed by atoms with van der Waals surface area (Å²) in [5.41, 5.74) is 6.30. The van der Waals surface area contributed by atoms with Crippen LogP contribution in [0.3, 0.4) is 0 Å². The first-order chi connectivity index (χ1) is 18.7. The van der Waals surface area contributed by atoms with E-state index in [2.05, 4.69) is 28.3 Å². The van der Waals surface area contributed by atoms with Gasteiger partial charge in [-0.3, -0.25) is 18.6 Å². The second-order valence-electron chi connectivity index (χ2n) is 11.2. The predicted octanol–water partition coefficient (Wildman–Crippen LogP) is 4.47. The van der Waals surface area contributed by atoms with Crippen LogP contribution >= 0.6 is 10.8 Å². The number of fused-ring (bicyclic) bond motifs is 2. The molecule has 2 aliphatic heterocycles. The molecule has 3 aliphatic rings. The Morgan fingerprint density at radius 2 is 1.98 bits per heavy atom. The van der Waals surface area contributed by atoms with Crippen molar-refractivity contribution < 1.29 is 27.4 Å². The van der Waals surface area contributed by atoms with Gasteiger partial charge in [0.25, 0.3) is 0 Å². The van der Waals surface area contributed by atoms with Gasteiger partial charge in [0.2, 0.25) is 0 Å². The number of nitrogens with one attached hydrogen (secondary N) is 2. The van der Waals surface area contributed by atoms with Crippen LogP contribution in [-0.2, 0) is 20.4 Å². The van der Waals surface area contributed by atoms with Crippen LogP contribution < -0.4 is 15.8 Å². The third kappa shape index (κ3) is 5.01. The van der Waals surface area contributed by atoms with E-state index in [4.69, 9.17) is 5.73 Å². The van der Waals surface area contributed by atoms with Crippen LogP contribution in [0.25, 0.3) is 5.76 Å². The third-order valence-electron chi connectivity index (χ3n) is 7.72. The van der Waals surface area contributed by atoms with Crippen LogP contribution in [0.1, 0.15) is 51.2 Å². The molecule has 2 aromatic carbocycles. The van der Waals surface area contributed by atoms with Crippen LogP contribution in [0.15, 0.2) is 57.3 Å². The second-order valence-corrected chi connectivity index (χ2v) is 14.5. The number of amidine groups is 1. The summed E-state index contributed by atoms with van der Waals surface area (Å²) in [4.78, 5) is 14.0. The zero-order chi connectivity index (χ0) is 29.0. The third-order valence-corrected chi connectivity index (χ3v) is 10.6. The molecule has 2 unspecified atom stereocenters. The number of hydrogen-bond acceptors (Lipinski definition) is 9. The number of Topliss-reactive ketones (excluding diaryl/α,β-unsaturated/α-hetero) is 1. The van der Waals surface area contributed by atoms with Gasteiger partial charge in [0, 0.05) is 24.7 Å². The number of anilines is 2. The van der Waals surface area contributed by atoms with E-state index in [9.17, 15) is 27.4 Å². The Kier molecular flexibility index (Phi) is 7.26. The molecular weight excluding hydrogens is 554 g/mol. The molecular formula is C27H35N5O6S2. The van der Waals surface area contributed by atoms with Gasteiger partial charge in [-0.2, -0.15) is 12.7 Å². The molecule has 2 aromatic rings. The first-order valence-corrected chi connectivity index (χ1v) is 16.1. The molecule has 0 bridgehead atoms. The molecule has 13 heteroatoms. The lowest BCUT2D eigenvalue weighted by atomic mass is 9.66. The van der Waals surface area contributed by atoms with Crippen molar-refractivity contribution in [2.75, 3.05) is 23.1 Å². The van der Waals surface area contributed by atoms with Crippen LogP contribution in [-0.4, -0.2) is 57.7 Å². The zero-order valence-electron chi connectivity index (χ0n) is 22.6. The quantitative estimate of drug-likeness (QED) is 0.274. The van der Waals surface area contributed by atoms with Crippen molar-refractivity contribution in [2.45, 2.75) is 56.4 Å². The molecule has 2 heterocycles. The molecule has 1 aliphatic carbocycles. The van der Waals surface area contributed by atoms with Gasteiger partial charge in [-0.15, -0.1) is 4.40 Å². The monoisotopic (exact) mass is 589 g/mol. The number of hydrogen-bond donors (Lipinski definition) is 6. The lowest BCUT2D eigenvalue weighted by Gasteiger charge is -2.39. The van der Waals surface area contributed by atoms with Crippen molar-refractivity contribution >= 4 is 49.7 Å². The minimum atomic E-state index is -3.90. The summed E-state index contributed by atoms with van der Waals surface area (Å²) in [6.45, 7) is 6.46. The summed E-state index contributed by atoms with van der Waals surface area (Å²) in [6.07, 6.45) is 1.85. The van der Waals surface area contributed by atoms with Crippen LogP contribution in [0.2, 0.25) is 0 Å². The van der Waals surface area contributed by atoms with Crippen molar-refractivity contribution in [2.24, 2.45) is 16.0 Å². The molecule has 0 aromatic heterocycles. The van der Waals surface area contributed by atoms with Gasteiger partial charge in [-0.05, 0) is 55.9 Å². The van der Waals surface area contributed by atoms with E-state index in [1.54, 1.807) is 12.1 Å². The fourth-order valence-electron chi connectivity index (χ4n) is 5.39. The Morgan fingerprint density at radius 1 is 1.25 bits per heavy atom. The fourth-order valence-corrected chi connectivity index (χ4v) is 7.87. The van der Waals surface area contributed by atoms with Gasteiger partial charge in [0.1, 0.15) is 16.2 Å². The van der Waals surface area contributed by atoms with Gasteiger partial charge in [0.15, 0.2) is 11.6 Å². The molecule has 216 valence electrons. The van der Waals surface area contributed by atoms with Gasteiger partial charge in [0.05, 0.1) is 16.8 Å². The van der Waals surface area contributed by atoms with E-state index in [0.717, 1.165) is 6.42 Å². The fraction of sp³-hybridized carbons (Fsp3) is 0.407. The highest BCUT2D eigenvalue weighted by Crippen LogP contribution is 2.57. The van der Waals surface area contributed by atoms with E-state index in [1.807, 2.05) is 19.1 Å². The highest BCUT2D eigenvalue weighted by Gasteiger charge is 2.46. The molecule has 1 saturated heterocycles. The molecule has 5 rings (SSSR count). The van der Waals surface area contributed by atoms with E-state index in [0.29, 0.717) is 29.9 Å². The van der Waals surface area contributed by atoms with E-state index in [-0.39, 0.29) is 58.4 Å². The van der Waals surface area contributed by atoms with Gasteiger partial charge >= 0.3 is 10.2 Å². The van der Waals surface area contributed by atoms with Gasteiger partial charge < -0.3 is 16.2 Å². The summed E-state index contributed by atoms with van der Waals surface area (Å²) >= 11 is 0. The van der Waals surface area contributed by atoms with E-state index in [1.165, 1.54) is 22.5 Å². The number of ketones is 1. The highest BCUT2D eigenvalue weighted by molar-refractivity contribution is 8.23. The molecule has 7 N–H and O–H groups in total. The maximum Gasteiger partial charge on any atom is 0.301 e. The predicted molar refractivity (Wildman–Crippen MR) is 158 cm³/mol. The highest BCUT2D eigenvalue weighted by atomic mass is 32.3. The standard InChI is InChI=1S/C27H35N5O6S2/c1-16(2)10-12-27(3)20-7-5-4-6-19(20)24(33)23(25(27)34)26-29-21-9-8-18(14-22(21)39(35,36)31-26)30-40(37,38)32-13-11-17(28)15-32/h4-9,14,16-17,30,33,35-36H,10-13,15,28H2,1-3H3,(H,29,31). The average molecular weight is 590 g/mol. The number of nitrogens with two attached hydrogens (primary N) is 1. The molecule has 40 heavy (non-hydrogen) atoms. The topological polar surface area (TPSA) is 178 Å². The molecule has 0 saturated carbocycles. The number of rotatable bonds is 7. The Balaban J connectivity index is 1.51. The van der Waals surface area contributed by atoms with Crippen molar-refractivity contribution in [3.63, 3.8) is 0 Å². The first-order valence-electron chi connectivity index (χ1n) is 13.1. The molecule has 0 spiro atoms. The largest absolute Gasteiger partial charge is 0.506 e. The van der Waals surface area contributed by atoms with E-state index >= 15 is 0 Å². The number of benzene rings is 2. The van der Waals surface area contributed by atoms with Crippen molar-refractivity contribution in [1.29, 1.82) is 0 Å². The number of aliphatic hydroxyl groups excluding tert-OH is 1. The van der Waals surface area contributed by atoms with Crippen LogP contribution in [0.5, 0.6) is 0 Å². The normalized spacial score (nSPS) is 25.2. The smallest absolute Gasteiger partial charge is 0.301 e. The van der Waals surface area contributed by atoms with Crippen LogP contribution in [0.4, 0.5) is 11.4 Å². The number of carbonyl (C=O) groups excluding carboxylic acids is 1. The average Bonchev–Trinajstić information content (AvgIpc) is 3.34. The molecule has 11 nitrogen and oxygen atoms in total. The summed E-state index contributed by atoms with van der Waals surface area (Å²) in [5, 5.41) is 14.2. The Morgan fingerprint density at radius 3 is 2.65 bits per heavy atom. The minimum absolute atomic E-state index is 0.0408. The Hall–Kier alpha value is -2.94. The lowest BCUT2D eigenvalue weighted by molar-refractivity contribution is -0.120. The maximum atomic E-state index is 14.0. The lowest BCUT2D eigenvalue weighted by Crippen LogP contribution is -2.42. The summed E-state index contributed by atoms with van der Waals surface area (Å²) in [7, 11) is -7.77. The number of carbonyl (C=O) groups is 1. The zero-order valence-corrected chi connectivity index (χ0v) is 24.2. The summed E-state index contributed by atoms with van der Waals surface area (Å²) in [6, 6.07) is 11.2. The Labute approximate surface area is 235 Å².